The van der Waals surface area contributed by atoms with Crippen molar-refractivity contribution in [3.8, 4) is 12.1 Å². The first-order valence-electron chi connectivity index (χ1n) is 12.6. The summed E-state index contributed by atoms with van der Waals surface area (Å²) >= 11 is 0. The van der Waals surface area contributed by atoms with Crippen molar-refractivity contribution < 1.29 is 4.57 Å². The van der Waals surface area contributed by atoms with Gasteiger partial charge in [-0.2, -0.15) is 15.1 Å². The Bertz CT molecular complexity index is 651. The van der Waals surface area contributed by atoms with Gasteiger partial charge >= 0.3 is 0 Å². The first-order chi connectivity index (χ1) is 15.3. The van der Waals surface area contributed by atoms with Gasteiger partial charge in [-0.15, -0.1) is 0 Å². The van der Waals surface area contributed by atoms with Crippen LogP contribution in [0.3, 0.4) is 0 Å². The van der Waals surface area contributed by atoms with Crippen molar-refractivity contribution in [3.63, 3.8) is 0 Å². The highest BCUT2D eigenvalue weighted by molar-refractivity contribution is 5.39. The molecule has 0 unspecified atom stereocenters. The second kappa shape index (κ2) is 19.7. The molecule has 0 N–H and O–H groups in total. The third-order valence-electron chi connectivity index (χ3n) is 5.97. The van der Waals surface area contributed by atoms with Crippen molar-refractivity contribution in [2.45, 2.75) is 123 Å². The molecule has 0 spiro atoms. The monoisotopic (exact) mass is 423 g/mol. The van der Waals surface area contributed by atoms with Crippen LogP contribution in [-0.4, -0.2) is 4.98 Å². The lowest BCUT2D eigenvalue weighted by molar-refractivity contribution is -0.689. The van der Waals surface area contributed by atoms with Gasteiger partial charge in [0, 0.05) is 5.57 Å². The molecule has 0 aromatic carbocycles. The Hall–Kier alpha value is -2.20. The van der Waals surface area contributed by atoms with E-state index in [1.54, 1.807) is 12.4 Å². The van der Waals surface area contributed by atoms with Gasteiger partial charge < -0.3 is 0 Å². The molecule has 0 fully saturated rings. The van der Waals surface area contributed by atoms with Crippen LogP contribution in [-0.2, 0) is 6.54 Å². The maximum atomic E-state index is 9.26. The fourth-order valence-corrected chi connectivity index (χ4v) is 4.03. The van der Waals surface area contributed by atoms with Gasteiger partial charge in [-0.1, -0.05) is 103 Å². The lowest BCUT2D eigenvalue weighted by Crippen LogP contribution is -2.34. The minimum absolute atomic E-state index is 0.269. The first kappa shape index (κ1) is 26.8. The molecule has 0 aliphatic heterocycles. The molecular formula is C27H43N4+. The number of unbranched alkanes of at least 4 members (excludes halogenated alkanes) is 15. The standard InChI is InChI=1S/C27H43N4/c1-2-3-4-5-6-7-8-9-10-11-12-13-14-15-16-17-18-26(27(23-28)24-29)25-31-21-19-30-20-22-31/h19-22H,2-18,25H2,1H3/q+1. The number of nitriles is 2. The zero-order valence-corrected chi connectivity index (χ0v) is 19.8. The number of nitrogens with zero attached hydrogens (tertiary/aromatic N) is 4. The molecule has 0 atom stereocenters. The quantitative estimate of drug-likeness (QED) is 0.133. The first-order valence-corrected chi connectivity index (χ1v) is 12.6. The highest BCUT2D eigenvalue weighted by Gasteiger charge is 2.11. The van der Waals surface area contributed by atoms with Crippen molar-refractivity contribution in [3.05, 3.63) is 35.9 Å². The van der Waals surface area contributed by atoms with E-state index in [0.29, 0.717) is 6.54 Å². The molecular weight excluding hydrogens is 380 g/mol. The van der Waals surface area contributed by atoms with E-state index in [4.69, 9.17) is 0 Å². The Kier molecular flexibility index (Phi) is 17.1. The maximum Gasteiger partial charge on any atom is 0.187 e. The molecule has 0 saturated heterocycles. The van der Waals surface area contributed by atoms with Gasteiger partial charge in [0.15, 0.2) is 18.9 Å². The van der Waals surface area contributed by atoms with Gasteiger partial charge in [0.05, 0.1) is 12.4 Å². The summed E-state index contributed by atoms with van der Waals surface area (Å²) in [6.45, 7) is 2.87. The van der Waals surface area contributed by atoms with Crippen LogP contribution in [0.2, 0.25) is 0 Å². The lowest BCUT2D eigenvalue weighted by atomic mass is 10.0. The molecule has 0 radical (unpaired) electrons. The van der Waals surface area contributed by atoms with Crippen LogP contribution in [0.25, 0.3) is 0 Å². The van der Waals surface area contributed by atoms with Crippen molar-refractivity contribution in [1.29, 1.82) is 10.5 Å². The molecule has 0 aliphatic carbocycles. The molecule has 1 rings (SSSR count). The third kappa shape index (κ3) is 14.4. The van der Waals surface area contributed by atoms with Crippen molar-refractivity contribution in [1.82, 2.24) is 4.98 Å². The zero-order chi connectivity index (χ0) is 22.4. The summed E-state index contributed by atoms with van der Waals surface area (Å²) in [5.41, 5.74) is 1.21. The second-order valence-electron chi connectivity index (χ2n) is 8.67. The van der Waals surface area contributed by atoms with Gasteiger partial charge in [0.1, 0.15) is 17.7 Å². The third-order valence-corrected chi connectivity index (χ3v) is 5.97. The molecule has 170 valence electrons. The van der Waals surface area contributed by atoms with E-state index in [0.717, 1.165) is 18.4 Å². The number of aromatic nitrogens is 2. The average Bonchev–Trinajstić information content (AvgIpc) is 2.80. The Morgan fingerprint density at radius 3 is 1.52 bits per heavy atom. The van der Waals surface area contributed by atoms with Crippen molar-refractivity contribution >= 4 is 0 Å². The van der Waals surface area contributed by atoms with Crippen molar-refractivity contribution in [2.75, 3.05) is 0 Å². The molecule has 0 aliphatic rings. The fourth-order valence-electron chi connectivity index (χ4n) is 4.03. The molecule has 0 saturated carbocycles. The summed E-state index contributed by atoms with van der Waals surface area (Å²) in [6.07, 6.45) is 29.6. The predicted molar refractivity (Wildman–Crippen MR) is 127 cm³/mol. The van der Waals surface area contributed by atoms with Crippen LogP contribution in [0.4, 0.5) is 0 Å². The highest BCUT2D eigenvalue weighted by atomic mass is 14.9. The van der Waals surface area contributed by atoms with Gasteiger partial charge in [0.2, 0.25) is 0 Å². The van der Waals surface area contributed by atoms with E-state index >= 15 is 0 Å². The maximum absolute atomic E-state index is 9.26. The minimum atomic E-state index is 0.269. The summed E-state index contributed by atoms with van der Waals surface area (Å²) < 4.78 is 1.98. The van der Waals surface area contributed by atoms with E-state index in [1.807, 2.05) is 17.0 Å². The molecule has 1 aromatic rings. The van der Waals surface area contributed by atoms with E-state index in [1.165, 1.54) is 96.3 Å². The van der Waals surface area contributed by atoms with Gasteiger partial charge in [-0.05, 0) is 12.8 Å². The zero-order valence-electron chi connectivity index (χ0n) is 19.8. The Balaban J connectivity index is 2.03. The van der Waals surface area contributed by atoms with Gasteiger partial charge in [-0.25, -0.2) is 0 Å². The molecule has 1 aromatic heterocycles. The SMILES string of the molecule is CCCCCCCCCCCCCCCCCCC(C[n+]1ccncc1)=C(C#N)C#N. The number of rotatable bonds is 19. The average molecular weight is 424 g/mol. The Morgan fingerprint density at radius 2 is 1.10 bits per heavy atom. The summed E-state index contributed by atoms with van der Waals surface area (Å²) in [5.74, 6) is 0. The summed E-state index contributed by atoms with van der Waals surface area (Å²) in [7, 11) is 0. The number of allylic oxidation sites excluding steroid dienone is 2. The van der Waals surface area contributed by atoms with Crippen LogP contribution < -0.4 is 4.57 Å². The second-order valence-corrected chi connectivity index (χ2v) is 8.67. The summed E-state index contributed by atoms with van der Waals surface area (Å²) in [5, 5.41) is 18.5. The Morgan fingerprint density at radius 1 is 0.677 bits per heavy atom. The lowest BCUT2D eigenvalue weighted by Gasteiger charge is -2.06. The van der Waals surface area contributed by atoms with Crippen LogP contribution in [0.1, 0.15) is 116 Å². The summed E-state index contributed by atoms with van der Waals surface area (Å²) in [6, 6.07) is 4.13. The van der Waals surface area contributed by atoms with E-state index in [9.17, 15) is 10.5 Å². The smallest absolute Gasteiger partial charge is 0.187 e. The molecule has 0 amide bonds. The van der Waals surface area contributed by atoms with Gasteiger partial charge in [0.25, 0.3) is 0 Å². The minimum Gasteiger partial charge on any atom is -0.252 e. The molecule has 4 heteroatoms. The van der Waals surface area contributed by atoms with Crippen LogP contribution in [0, 0.1) is 22.7 Å². The topological polar surface area (TPSA) is 64.3 Å². The summed E-state index contributed by atoms with van der Waals surface area (Å²) in [4.78, 5) is 4.02. The molecule has 0 bridgehead atoms. The fraction of sp³-hybridized carbons (Fsp3) is 0.704. The predicted octanol–water partition coefficient (Wildman–Crippen LogP) is 7.36. The highest BCUT2D eigenvalue weighted by Crippen LogP contribution is 2.17. The van der Waals surface area contributed by atoms with Gasteiger partial charge in [-0.3, -0.25) is 4.98 Å². The van der Waals surface area contributed by atoms with Crippen LogP contribution in [0.5, 0.6) is 0 Å². The number of hydrogen-bond acceptors (Lipinski definition) is 3. The van der Waals surface area contributed by atoms with Crippen LogP contribution in [0.15, 0.2) is 35.9 Å². The van der Waals surface area contributed by atoms with E-state index < -0.39 is 0 Å². The largest absolute Gasteiger partial charge is 0.252 e. The Labute approximate surface area is 191 Å². The van der Waals surface area contributed by atoms with E-state index in [2.05, 4.69) is 24.0 Å². The van der Waals surface area contributed by atoms with Crippen molar-refractivity contribution in [2.24, 2.45) is 0 Å². The van der Waals surface area contributed by atoms with Crippen LogP contribution >= 0.6 is 0 Å². The van der Waals surface area contributed by atoms with E-state index in [-0.39, 0.29) is 5.57 Å². The number of hydrogen-bond donors (Lipinski definition) is 0. The molecule has 1 heterocycles. The molecule has 31 heavy (non-hydrogen) atoms. The molecule has 4 nitrogen and oxygen atoms in total. The normalized spacial score (nSPS) is 10.4.